The average Bonchev–Trinajstić information content (AvgIpc) is 2.40. The molecule has 0 saturated heterocycles. The number of alkyl halides is 1. The predicted octanol–water partition coefficient (Wildman–Crippen LogP) is 1.72. The monoisotopic (exact) mass is 279 g/mol. The van der Waals surface area contributed by atoms with E-state index in [1.807, 2.05) is 19.1 Å². The van der Waals surface area contributed by atoms with Crippen LogP contribution in [0.2, 0.25) is 0 Å². The third-order valence-corrected chi connectivity index (χ3v) is 3.09. The van der Waals surface area contributed by atoms with Crippen LogP contribution in [0.25, 0.3) is 0 Å². The molecule has 19 heavy (non-hydrogen) atoms. The van der Waals surface area contributed by atoms with Crippen LogP contribution in [0.5, 0.6) is 0 Å². The molecule has 0 spiro atoms. The Kier molecular flexibility index (Phi) is 4.16. The van der Waals surface area contributed by atoms with Gasteiger partial charge in [0.15, 0.2) is 0 Å². The van der Waals surface area contributed by atoms with Crippen LogP contribution in [0.3, 0.4) is 0 Å². The van der Waals surface area contributed by atoms with Gasteiger partial charge in [-0.15, -0.1) is 11.6 Å². The lowest BCUT2D eigenvalue weighted by Gasteiger charge is -2.19. The van der Waals surface area contributed by atoms with Gasteiger partial charge >= 0.3 is 0 Å². The molecule has 0 bridgehead atoms. The van der Waals surface area contributed by atoms with Gasteiger partial charge in [-0.2, -0.15) is 5.10 Å². The van der Waals surface area contributed by atoms with Crippen molar-refractivity contribution in [2.45, 2.75) is 13.3 Å². The molecule has 0 saturated carbocycles. The number of hydrogen-bond acceptors (Lipinski definition) is 3. The Morgan fingerprint density at radius 1 is 1.47 bits per heavy atom. The minimum absolute atomic E-state index is 0.0674. The molecule has 2 rings (SSSR count). The zero-order chi connectivity index (χ0) is 13.8. The highest BCUT2D eigenvalue weighted by atomic mass is 35.5. The van der Waals surface area contributed by atoms with Crippen LogP contribution in [-0.2, 0) is 9.59 Å². The van der Waals surface area contributed by atoms with Crippen LogP contribution in [0, 0.1) is 5.92 Å². The van der Waals surface area contributed by atoms with Crippen LogP contribution in [0.1, 0.15) is 18.9 Å². The average molecular weight is 280 g/mol. The molecular formula is C13H14ClN3O2. The summed E-state index contributed by atoms with van der Waals surface area (Å²) in [6.07, 6.45) is 0.434. The van der Waals surface area contributed by atoms with Crippen LogP contribution >= 0.6 is 11.6 Å². The second kappa shape index (κ2) is 5.84. The maximum Gasteiger partial charge on any atom is 0.240 e. The molecule has 1 unspecified atom stereocenters. The maximum atomic E-state index is 11.2. The van der Waals surface area contributed by atoms with Gasteiger partial charge in [-0.3, -0.25) is 9.59 Å². The molecule has 0 fully saturated rings. The third kappa shape index (κ3) is 3.32. The predicted molar refractivity (Wildman–Crippen MR) is 74.3 cm³/mol. The number of rotatable bonds is 3. The molecule has 1 aliphatic rings. The van der Waals surface area contributed by atoms with Crippen LogP contribution < -0.4 is 10.7 Å². The Morgan fingerprint density at radius 2 is 2.16 bits per heavy atom. The van der Waals surface area contributed by atoms with Crippen LogP contribution in [0.15, 0.2) is 29.4 Å². The van der Waals surface area contributed by atoms with Crippen molar-refractivity contribution in [1.82, 2.24) is 5.43 Å². The van der Waals surface area contributed by atoms with E-state index in [1.54, 1.807) is 12.1 Å². The summed E-state index contributed by atoms with van der Waals surface area (Å²) < 4.78 is 0. The molecule has 0 aromatic heterocycles. The number of hydrazone groups is 1. The van der Waals surface area contributed by atoms with Crippen LogP contribution in [0.4, 0.5) is 5.69 Å². The molecule has 1 heterocycles. The van der Waals surface area contributed by atoms with Gasteiger partial charge in [0.1, 0.15) is 5.88 Å². The standard InChI is InChI=1S/C13H14ClN3O2/c1-8-6-11(18)16-17-13(8)9-2-4-10(5-3-9)15-12(19)7-14/h2-5,8H,6-7H2,1H3,(H,15,19)(H,16,18). The summed E-state index contributed by atoms with van der Waals surface area (Å²) in [6, 6.07) is 7.28. The van der Waals surface area contributed by atoms with Gasteiger partial charge < -0.3 is 5.32 Å². The van der Waals surface area contributed by atoms with Gasteiger partial charge in [0.2, 0.25) is 11.8 Å². The zero-order valence-electron chi connectivity index (χ0n) is 10.4. The fourth-order valence-electron chi connectivity index (χ4n) is 1.92. The molecule has 0 radical (unpaired) electrons. The first-order valence-corrected chi connectivity index (χ1v) is 6.46. The summed E-state index contributed by atoms with van der Waals surface area (Å²) in [5.74, 6) is -0.304. The van der Waals surface area contributed by atoms with Gasteiger partial charge in [-0.1, -0.05) is 19.1 Å². The summed E-state index contributed by atoms with van der Waals surface area (Å²) >= 11 is 5.42. The molecule has 100 valence electrons. The smallest absolute Gasteiger partial charge is 0.240 e. The highest BCUT2D eigenvalue weighted by Gasteiger charge is 2.21. The topological polar surface area (TPSA) is 70.6 Å². The number of nitrogens with zero attached hydrogens (tertiary/aromatic N) is 1. The van der Waals surface area contributed by atoms with E-state index in [0.717, 1.165) is 11.3 Å². The van der Waals surface area contributed by atoms with Crippen molar-refractivity contribution in [3.63, 3.8) is 0 Å². The lowest BCUT2D eigenvalue weighted by Crippen LogP contribution is -2.31. The molecule has 1 aromatic carbocycles. The highest BCUT2D eigenvalue weighted by molar-refractivity contribution is 6.29. The van der Waals surface area contributed by atoms with Crippen molar-refractivity contribution >= 4 is 34.8 Å². The zero-order valence-corrected chi connectivity index (χ0v) is 11.2. The molecule has 1 aromatic rings. The highest BCUT2D eigenvalue weighted by Crippen LogP contribution is 2.18. The summed E-state index contributed by atoms with van der Waals surface area (Å²) in [4.78, 5) is 22.3. The molecule has 2 N–H and O–H groups in total. The van der Waals surface area contributed by atoms with Crippen molar-refractivity contribution < 1.29 is 9.59 Å². The number of nitrogens with one attached hydrogen (secondary N) is 2. The van der Waals surface area contributed by atoms with Gasteiger partial charge in [-0.25, -0.2) is 5.43 Å². The maximum absolute atomic E-state index is 11.2. The number of anilines is 1. The number of hydrogen-bond donors (Lipinski definition) is 2. The second-order valence-corrected chi connectivity index (χ2v) is 4.66. The van der Waals surface area contributed by atoms with Gasteiger partial charge in [0, 0.05) is 18.0 Å². The minimum Gasteiger partial charge on any atom is -0.325 e. The summed E-state index contributed by atoms with van der Waals surface area (Å²) in [5.41, 5.74) is 4.93. The number of carbonyl (C=O) groups excluding carboxylic acids is 2. The Labute approximate surface area is 116 Å². The normalized spacial score (nSPS) is 18.5. The van der Waals surface area contributed by atoms with E-state index in [2.05, 4.69) is 15.8 Å². The van der Waals surface area contributed by atoms with Crippen molar-refractivity contribution in [1.29, 1.82) is 0 Å². The molecule has 2 amide bonds. The first-order valence-electron chi connectivity index (χ1n) is 5.93. The third-order valence-electron chi connectivity index (χ3n) is 2.85. The van der Waals surface area contributed by atoms with Crippen LogP contribution in [-0.4, -0.2) is 23.4 Å². The first kappa shape index (κ1) is 13.5. The second-order valence-electron chi connectivity index (χ2n) is 4.40. The molecule has 6 heteroatoms. The number of carbonyl (C=O) groups is 2. The Hall–Kier alpha value is -1.88. The van der Waals surface area contributed by atoms with Crippen molar-refractivity contribution in [3.8, 4) is 0 Å². The lowest BCUT2D eigenvalue weighted by atomic mass is 9.94. The molecular weight excluding hydrogens is 266 g/mol. The van der Waals surface area contributed by atoms with Crippen molar-refractivity contribution in [2.24, 2.45) is 11.0 Å². The number of amides is 2. The van der Waals surface area contributed by atoms with E-state index in [-0.39, 0.29) is 23.6 Å². The number of halogens is 1. The van der Waals surface area contributed by atoms with Crippen molar-refractivity contribution in [2.75, 3.05) is 11.2 Å². The van der Waals surface area contributed by atoms with E-state index >= 15 is 0 Å². The summed E-state index contributed by atoms with van der Waals surface area (Å²) in [6.45, 7) is 1.96. The van der Waals surface area contributed by atoms with E-state index in [4.69, 9.17) is 11.6 Å². The van der Waals surface area contributed by atoms with E-state index in [0.29, 0.717) is 12.1 Å². The Morgan fingerprint density at radius 3 is 2.74 bits per heavy atom. The number of benzene rings is 1. The lowest BCUT2D eigenvalue weighted by molar-refractivity contribution is -0.122. The molecule has 1 atom stereocenters. The van der Waals surface area contributed by atoms with Gasteiger partial charge in [0.25, 0.3) is 0 Å². The Balaban J connectivity index is 2.14. The molecule has 5 nitrogen and oxygen atoms in total. The quantitative estimate of drug-likeness (QED) is 0.827. The fraction of sp³-hybridized carbons (Fsp3) is 0.308. The first-order chi connectivity index (χ1) is 9.10. The summed E-state index contributed by atoms with van der Waals surface area (Å²) in [7, 11) is 0. The van der Waals surface area contributed by atoms with Gasteiger partial charge in [0.05, 0.1) is 5.71 Å². The van der Waals surface area contributed by atoms with E-state index in [1.165, 1.54) is 0 Å². The van der Waals surface area contributed by atoms with Crippen molar-refractivity contribution in [3.05, 3.63) is 29.8 Å². The Bertz CT molecular complexity index is 525. The SMILES string of the molecule is CC1CC(=O)NN=C1c1ccc(NC(=O)CCl)cc1. The minimum atomic E-state index is -0.245. The largest absolute Gasteiger partial charge is 0.325 e. The van der Waals surface area contributed by atoms with E-state index in [9.17, 15) is 9.59 Å². The summed E-state index contributed by atoms with van der Waals surface area (Å²) in [5, 5.41) is 6.74. The van der Waals surface area contributed by atoms with Gasteiger partial charge in [-0.05, 0) is 17.7 Å². The molecule has 1 aliphatic heterocycles. The molecule has 0 aliphatic carbocycles. The fourth-order valence-corrected chi connectivity index (χ4v) is 1.99. The van der Waals surface area contributed by atoms with E-state index < -0.39 is 0 Å².